The Morgan fingerprint density at radius 1 is 1.10 bits per heavy atom. The first-order chi connectivity index (χ1) is 9.30. The largest absolute Gasteiger partial charge is 0.716 e. The van der Waals surface area contributed by atoms with E-state index in [0.29, 0.717) is 12.8 Å². The second kappa shape index (κ2) is 5.58. The summed E-state index contributed by atoms with van der Waals surface area (Å²) in [5.74, 6) is -0.313. The Kier molecular flexibility index (Phi) is 4.21. The summed E-state index contributed by atoms with van der Waals surface area (Å²) in [7, 11) is -0.914. The molecular weight excluding hydrogens is 255 g/mol. The van der Waals surface area contributed by atoms with Crippen molar-refractivity contribution in [3.05, 3.63) is 35.9 Å². The fourth-order valence-corrected chi connectivity index (χ4v) is 1.89. The molecule has 0 unspecified atom stereocenters. The Balaban J connectivity index is 1.82. The predicted octanol–water partition coefficient (Wildman–Crippen LogP) is 2.75. The molecule has 4 nitrogen and oxygen atoms in total. The molecule has 1 saturated heterocycles. The number of carbonyl (C=O) groups is 1. The van der Waals surface area contributed by atoms with Crippen LogP contribution >= 0.6 is 0 Å². The zero-order valence-electron chi connectivity index (χ0n) is 12.5. The van der Waals surface area contributed by atoms with Crippen LogP contribution < -0.4 is 0 Å². The molecule has 0 N–H and O–H groups in total. The molecule has 1 aromatic carbocycles. The normalized spacial score (nSPS) is 19.9. The van der Waals surface area contributed by atoms with Crippen molar-refractivity contribution in [3.63, 3.8) is 0 Å². The molecule has 0 saturated carbocycles. The molecule has 0 amide bonds. The van der Waals surface area contributed by atoms with Gasteiger partial charge in [0.1, 0.15) is 0 Å². The molecule has 0 spiro atoms. The summed E-state index contributed by atoms with van der Waals surface area (Å²) in [6.07, 6.45) is 0.966. The molecular formula is C15H21BO4. The van der Waals surface area contributed by atoms with Gasteiger partial charge >= 0.3 is 7.32 Å². The van der Waals surface area contributed by atoms with Crippen LogP contribution in [0.1, 0.15) is 39.7 Å². The lowest BCUT2D eigenvalue weighted by molar-refractivity contribution is -0.137. The van der Waals surface area contributed by atoms with Crippen molar-refractivity contribution in [1.29, 1.82) is 0 Å². The van der Waals surface area contributed by atoms with Gasteiger partial charge in [0.15, 0.2) is 0 Å². The van der Waals surface area contributed by atoms with Crippen LogP contribution in [-0.4, -0.2) is 24.5 Å². The van der Waals surface area contributed by atoms with E-state index in [0.717, 1.165) is 5.56 Å². The van der Waals surface area contributed by atoms with Crippen LogP contribution in [0, 0.1) is 0 Å². The molecule has 1 heterocycles. The SMILES string of the molecule is CC1(C)OB(OC(=O)CCc2ccccc2)OC1(C)C. The maximum atomic E-state index is 11.8. The van der Waals surface area contributed by atoms with Gasteiger partial charge in [0.2, 0.25) is 0 Å². The first-order valence-electron chi connectivity index (χ1n) is 6.89. The molecule has 2 rings (SSSR count). The van der Waals surface area contributed by atoms with Crippen molar-refractivity contribution in [1.82, 2.24) is 0 Å². The number of hydrogen-bond acceptors (Lipinski definition) is 4. The lowest BCUT2D eigenvalue weighted by Crippen LogP contribution is -2.41. The fourth-order valence-electron chi connectivity index (χ4n) is 1.89. The predicted molar refractivity (Wildman–Crippen MR) is 76.9 cm³/mol. The maximum absolute atomic E-state index is 11.8. The van der Waals surface area contributed by atoms with Gasteiger partial charge in [-0.05, 0) is 39.7 Å². The third kappa shape index (κ3) is 3.41. The summed E-state index contributed by atoms with van der Waals surface area (Å²) < 4.78 is 16.5. The highest BCUT2D eigenvalue weighted by molar-refractivity contribution is 6.40. The second-order valence-electron chi connectivity index (χ2n) is 6.02. The van der Waals surface area contributed by atoms with Gasteiger partial charge in [0.25, 0.3) is 5.97 Å². The van der Waals surface area contributed by atoms with Crippen LogP contribution in [0.5, 0.6) is 0 Å². The zero-order chi connectivity index (χ0) is 14.8. The first kappa shape index (κ1) is 15.1. The summed E-state index contributed by atoms with van der Waals surface area (Å²) in [6, 6.07) is 9.83. The molecule has 1 fully saturated rings. The van der Waals surface area contributed by atoms with Gasteiger partial charge in [-0.25, -0.2) is 0 Å². The summed E-state index contributed by atoms with van der Waals surface area (Å²) in [5.41, 5.74) is 0.132. The number of aryl methyl sites for hydroxylation is 1. The minimum absolute atomic E-state index is 0.313. The van der Waals surface area contributed by atoms with E-state index < -0.39 is 18.5 Å². The van der Waals surface area contributed by atoms with Crippen LogP contribution in [0.2, 0.25) is 0 Å². The lowest BCUT2D eigenvalue weighted by Gasteiger charge is -2.31. The van der Waals surface area contributed by atoms with E-state index in [4.69, 9.17) is 14.0 Å². The Hall–Kier alpha value is -1.33. The highest BCUT2D eigenvalue weighted by Crippen LogP contribution is 2.36. The average Bonchev–Trinajstić information content (AvgIpc) is 2.56. The van der Waals surface area contributed by atoms with Crippen molar-refractivity contribution in [2.75, 3.05) is 0 Å². The van der Waals surface area contributed by atoms with Crippen LogP contribution in [0.4, 0.5) is 0 Å². The van der Waals surface area contributed by atoms with Gasteiger partial charge in [-0.15, -0.1) is 0 Å². The second-order valence-corrected chi connectivity index (χ2v) is 6.02. The summed E-state index contributed by atoms with van der Waals surface area (Å²) >= 11 is 0. The molecule has 1 aliphatic rings. The van der Waals surface area contributed by atoms with Gasteiger partial charge in [0.05, 0.1) is 11.2 Å². The monoisotopic (exact) mass is 276 g/mol. The van der Waals surface area contributed by atoms with Crippen molar-refractivity contribution < 1.29 is 18.8 Å². The summed E-state index contributed by atoms with van der Waals surface area (Å²) in [5, 5.41) is 0. The minimum Gasteiger partial charge on any atom is -0.485 e. The summed E-state index contributed by atoms with van der Waals surface area (Å²) in [4.78, 5) is 11.8. The molecule has 0 aromatic heterocycles. The van der Waals surface area contributed by atoms with Crippen LogP contribution in [0.25, 0.3) is 0 Å². The maximum Gasteiger partial charge on any atom is 0.716 e. The average molecular weight is 276 g/mol. The molecule has 0 aliphatic carbocycles. The van der Waals surface area contributed by atoms with Gasteiger partial charge in [-0.3, -0.25) is 4.79 Å². The third-order valence-corrected chi connectivity index (χ3v) is 3.92. The molecule has 108 valence electrons. The van der Waals surface area contributed by atoms with Crippen LogP contribution in [0.3, 0.4) is 0 Å². The Morgan fingerprint density at radius 3 is 2.20 bits per heavy atom. The van der Waals surface area contributed by atoms with Crippen molar-refractivity contribution in [2.24, 2.45) is 0 Å². The van der Waals surface area contributed by atoms with Crippen LogP contribution in [0.15, 0.2) is 30.3 Å². The highest BCUT2D eigenvalue weighted by Gasteiger charge is 2.54. The number of rotatable bonds is 4. The van der Waals surface area contributed by atoms with Gasteiger partial charge in [-0.1, -0.05) is 30.3 Å². The van der Waals surface area contributed by atoms with Gasteiger partial charge < -0.3 is 14.0 Å². The summed E-state index contributed by atoms with van der Waals surface area (Å²) in [6.45, 7) is 7.69. The third-order valence-electron chi connectivity index (χ3n) is 3.92. The molecule has 0 atom stereocenters. The minimum atomic E-state index is -0.914. The Labute approximate surface area is 120 Å². The molecule has 5 heteroatoms. The van der Waals surface area contributed by atoms with E-state index in [-0.39, 0.29) is 5.97 Å². The van der Waals surface area contributed by atoms with E-state index in [1.165, 1.54) is 0 Å². The molecule has 20 heavy (non-hydrogen) atoms. The van der Waals surface area contributed by atoms with E-state index >= 15 is 0 Å². The number of benzene rings is 1. The topological polar surface area (TPSA) is 44.8 Å². The fraction of sp³-hybridized carbons (Fsp3) is 0.533. The first-order valence-corrected chi connectivity index (χ1v) is 6.89. The lowest BCUT2D eigenvalue weighted by atomic mass is 9.90. The number of carbonyl (C=O) groups excluding carboxylic acids is 1. The van der Waals surface area contributed by atoms with Gasteiger partial charge in [-0.2, -0.15) is 0 Å². The van der Waals surface area contributed by atoms with E-state index in [1.807, 2.05) is 58.0 Å². The standard InChI is InChI=1S/C15H21BO4/c1-14(2)15(3,4)20-16(19-14)18-13(17)11-10-12-8-6-5-7-9-12/h5-9H,10-11H2,1-4H3. The molecule has 0 bridgehead atoms. The van der Waals surface area contributed by atoms with E-state index in [1.54, 1.807) is 0 Å². The molecule has 1 aliphatic heterocycles. The van der Waals surface area contributed by atoms with Crippen molar-refractivity contribution in [2.45, 2.75) is 51.7 Å². The smallest absolute Gasteiger partial charge is 0.485 e. The Morgan fingerprint density at radius 2 is 1.65 bits per heavy atom. The molecule has 0 radical (unpaired) electrons. The Bertz CT molecular complexity index is 454. The van der Waals surface area contributed by atoms with E-state index in [9.17, 15) is 4.79 Å². The molecule has 1 aromatic rings. The quantitative estimate of drug-likeness (QED) is 0.793. The number of hydrogen-bond donors (Lipinski definition) is 0. The van der Waals surface area contributed by atoms with Crippen LogP contribution in [-0.2, 0) is 25.2 Å². The van der Waals surface area contributed by atoms with Crippen molar-refractivity contribution >= 4 is 13.3 Å². The zero-order valence-corrected chi connectivity index (χ0v) is 12.5. The van der Waals surface area contributed by atoms with Gasteiger partial charge in [0, 0.05) is 6.42 Å². The van der Waals surface area contributed by atoms with Crippen molar-refractivity contribution in [3.8, 4) is 0 Å². The highest BCUT2D eigenvalue weighted by atomic mass is 16.8. The van der Waals surface area contributed by atoms with E-state index in [2.05, 4.69) is 0 Å².